The molecule has 0 bridgehead atoms. The standard InChI is InChI=1S/C12H13NO2S/c13-7-10-3-1-2-4-12(10)15-5-6-16-11-8-14-9-11/h1-4,11H,5-6,8-9H2. The van der Waals surface area contributed by atoms with Crippen molar-refractivity contribution in [3.05, 3.63) is 29.8 Å². The Labute approximate surface area is 99.4 Å². The summed E-state index contributed by atoms with van der Waals surface area (Å²) in [5.74, 6) is 1.61. The maximum absolute atomic E-state index is 8.86. The third-order valence-corrected chi connectivity index (χ3v) is 3.46. The lowest BCUT2D eigenvalue weighted by molar-refractivity contribution is 0.0454. The monoisotopic (exact) mass is 235 g/mol. The zero-order valence-corrected chi connectivity index (χ0v) is 9.70. The summed E-state index contributed by atoms with van der Waals surface area (Å²) in [6.07, 6.45) is 0. The maximum Gasteiger partial charge on any atom is 0.137 e. The third kappa shape index (κ3) is 2.91. The van der Waals surface area contributed by atoms with Crippen LogP contribution in [0.5, 0.6) is 5.75 Å². The molecule has 0 aliphatic carbocycles. The van der Waals surface area contributed by atoms with E-state index in [9.17, 15) is 0 Å². The normalized spacial score (nSPS) is 15.2. The Morgan fingerprint density at radius 1 is 1.44 bits per heavy atom. The summed E-state index contributed by atoms with van der Waals surface area (Å²) in [5, 5.41) is 9.49. The molecule has 1 fully saturated rings. The van der Waals surface area contributed by atoms with Gasteiger partial charge in [-0.15, -0.1) is 0 Å². The van der Waals surface area contributed by atoms with Gasteiger partial charge in [0, 0.05) is 5.75 Å². The van der Waals surface area contributed by atoms with E-state index in [-0.39, 0.29) is 0 Å². The molecule has 0 aromatic heterocycles. The van der Waals surface area contributed by atoms with E-state index in [4.69, 9.17) is 14.7 Å². The summed E-state index contributed by atoms with van der Waals surface area (Å²) < 4.78 is 10.6. The Bertz CT molecular complexity index is 385. The molecule has 1 saturated heterocycles. The van der Waals surface area contributed by atoms with E-state index in [1.54, 1.807) is 6.07 Å². The summed E-state index contributed by atoms with van der Waals surface area (Å²) in [4.78, 5) is 0. The van der Waals surface area contributed by atoms with Crippen LogP contribution in [0.3, 0.4) is 0 Å². The van der Waals surface area contributed by atoms with Crippen LogP contribution < -0.4 is 4.74 Å². The Kier molecular flexibility index (Phi) is 4.09. The van der Waals surface area contributed by atoms with Crippen molar-refractivity contribution < 1.29 is 9.47 Å². The number of nitriles is 1. The van der Waals surface area contributed by atoms with Crippen LogP contribution in [0.4, 0.5) is 0 Å². The Morgan fingerprint density at radius 2 is 2.25 bits per heavy atom. The molecule has 1 aliphatic rings. The fourth-order valence-corrected chi connectivity index (χ4v) is 2.26. The molecule has 0 spiro atoms. The molecule has 1 aliphatic heterocycles. The molecular weight excluding hydrogens is 222 g/mol. The average Bonchev–Trinajstić information content (AvgIpc) is 2.27. The van der Waals surface area contributed by atoms with Gasteiger partial charge in [0.2, 0.25) is 0 Å². The van der Waals surface area contributed by atoms with Crippen molar-refractivity contribution in [1.29, 1.82) is 5.26 Å². The van der Waals surface area contributed by atoms with E-state index in [1.807, 2.05) is 30.0 Å². The predicted octanol–water partition coefficient (Wildman–Crippen LogP) is 2.07. The summed E-state index contributed by atoms with van der Waals surface area (Å²) in [7, 11) is 0. The maximum atomic E-state index is 8.86. The zero-order valence-electron chi connectivity index (χ0n) is 8.89. The van der Waals surface area contributed by atoms with Gasteiger partial charge in [-0.2, -0.15) is 17.0 Å². The lowest BCUT2D eigenvalue weighted by Gasteiger charge is -2.25. The first-order valence-electron chi connectivity index (χ1n) is 5.21. The Balaban J connectivity index is 1.74. The fraction of sp³-hybridized carbons (Fsp3) is 0.417. The van der Waals surface area contributed by atoms with Gasteiger partial charge in [0.1, 0.15) is 11.8 Å². The summed E-state index contributed by atoms with van der Waals surface area (Å²) in [6, 6.07) is 9.43. The van der Waals surface area contributed by atoms with E-state index in [0.29, 0.717) is 23.2 Å². The van der Waals surface area contributed by atoms with Crippen LogP contribution in [0.1, 0.15) is 5.56 Å². The quantitative estimate of drug-likeness (QED) is 0.733. The minimum absolute atomic E-state index is 0.597. The van der Waals surface area contributed by atoms with E-state index in [0.717, 1.165) is 19.0 Å². The first kappa shape index (κ1) is 11.3. The minimum atomic E-state index is 0.597. The van der Waals surface area contributed by atoms with Crippen molar-refractivity contribution in [2.24, 2.45) is 0 Å². The Hall–Kier alpha value is -1.18. The van der Waals surface area contributed by atoms with Crippen molar-refractivity contribution in [3.8, 4) is 11.8 Å². The molecule has 3 nitrogen and oxygen atoms in total. The van der Waals surface area contributed by atoms with Crippen molar-refractivity contribution in [3.63, 3.8) is 0 Å². The van der Waals surface area contributed by atoms with Gasteiger partial charge in [-0.3, -0.25) is 0 Å². The highest BCUT2D eigenvalue weighted by atomic mass is 32.2. The van der Waals surface area contributed by atoms with Crippen LogP contribution in [0.25, 0.3) is 0 Å². The van der Waals surface area contributed by atoms with Gasteiger partial charge in [-0.25, -0.2) is 0 Å². The summed E-state index contributed by atoms with van der Waals surface area (Å²) in [5.41, 5.74) is 0.597. The van der Waals surface area contributed by atoms with E-state index < -0.39 is 0 Å². The number of ether oxygens (including phenoxy) is 2. The highest BCUT2D eigenvalue weighted by Gasteiger charge is 2.18. The Morgan fingerprint density at radius 3 is 2.94 bits per heavy atom. The second kappa shape index (κ2) is 5.78. The number of thioether (sulfide) groups is 1. The number of para-hydroxylation sites is 1. The zero-order chi connectivity index (χ0) is 11.2. The molecule has 2 rings (SSSR count). The number of nitrogens with zero attached hydrogens (tertiary/aromatic N) is 1. The highest BCUT2D eigenvalue weighted by molar-refractivity contribution is 8.00. The first-order chi connectivity index (χ1) is 7.90. The molecule has 1 heterocycles. The largest absolute Gasteiger partial charge is 0.491 e. The average molecular weight is 235 g/mol. The van der Waals surface area contributed by atoms with Crippen LogP contribution in [-0.2, 0) is 4.74 Å². The fourth-order valence-electron chi connectivity index (χ4n) is 1.36. The van der Waals surface area contributed by atoms with Gasteiger partial charge in [0.25, 0.3) is 0 Å². The molecule has 4 heteroatoms. The summed E-state index contributed by atoms with van der Waals surface area (Å²) in [6.45, 7) is 2.36. The number of hydrogen-bond acceptors (Lipinski definition) is 4. The van der Waals surface area contributed by atoms with E-state index >= 15 is 0 Å². The van der Waals surface area contributed by atoms with Crippen molar-refractivity contribution in [2.75, 3.05) is 25.6 Å². The topological polar surface area (TPSA) is 42.2 Å². The molecule has 84 valence electrons. The number of rotatable bonds is 5. The smallest absolute Gasteiger partial charge is 0.137 e. The third-order valence-electron chi connectivity index (χ3n) is 2.31. The molecule has 1 aromatic rings. The molecule has 0 N–H and O–H groups in total. The molecular formula is C12H13NO2S. The van der Waals surface area contributed by atoms with Gasteiger partial charge < -0.3 is 9.47 Å². The molecule has 0 amide bonds. The SMILES string of the molecule is N#Cc1ccccc1OCCSC1COC1. The van der Waals surface area contributed by atoms with Gasteiger partial charge in [0.05, 0.1) is 30.6 Å². The minimum Gasteiger partial charge on any atom is -0.491 e. The second-order valence-corrected chi connectivity index (χ2v) is 4.89. The van der Waals surface area contributed by atoms with Crippen LogP contribution in [0.2, 0.25) is 0 Å². The molecule has 0 atom stereocenters. The molecule has 0 unspecified atom stereocenters. The lowest BCUT2D eigenvalue weighted by atomic mass is 10.2. The molecule has 0 radical (unpaired) electrons. The van der Waals surface area contributed by atoms with Gasteiger partial charge in [0.15, 0.2) is 0 Å². The first-order valence-corrected chi connectivity index (χ1v) is 6.26. The van der Waals surface area contributed by atoms with Gasteiger partial charge in [-0.05, 0) is 12.1 Å². The van der Waals surface area contributed by atoms with E-state index in [2.05, 4.69) is 6.07 Å². The van der Waals surface area contributed by atoms with Crippen LogP contribution >= 0.6 is 11.8 Å². The van der Waals surface area contributed by atoms with Crippen molar-refractivity contribution >= 4 is 11.8 Å². The van der Waals surface area contributed by atoms with Crippen molar-refractivity contribution in [1.82, 2.24) is 0 Å². The predicted molar refractivity (Wildman–Crippen MR) is 63.7 cm³/mol. The molecule has 1 aromatic carbocycles. The molecule has 16 heavy (non-hydrogen) atoms. The lowest BCUT2D eigenvalue weighted by Crippen LogP contribution is -2.31. The second-order valence-electron chi connectivity index (χ2n) is 3.49. The van der Waals surface area contributed by atoms with Crippen LogP contribution in [0.15, 0.2) is 24.3 Å². The van der Waals surface area contributed by atoms with E-state index in [1.165, 1.54) is 0 Å². The van der Waals surface area contributed by atoms with Crippen LogP contribution in [0, 0.1) is 11.3 Å². The molecule has 0 saturated carbocycles. The van der Waals surface area contributed by atoms with Gasteiger partial charge >= 0.3 is 0 Å². The van der Waals surface area contributed by atoms with Crippen LogP contribution in [-0.4, -0.2) is 30.8 Å². The van der Waals surface area contributed by atoms with Gasteiger partial charge in [-0.1, -0.05) is 12.1 Å². The van der Waals surface area contributed by atoms with Crippen molar-refractivity contribution in [2.45, 2.75) is 5.25 Å². The number of hydrogen-bond donors (Lipinski definition) is 0. The highest BCUT2D eigenvalue weighted by Crippen LogP contribution is 2.20. The number of benzene rings is 1. The summed E-state index contributed by atoms with van der Waals surface area (Å²) >= 11 is 1.86.